The second-order valence-electron chi connectivity index (χ2n) is 5.89. The lowest BCUT2D eigenvalue weighted by atomic mass is 9.74. The molecule has 0 unspecified atom stereocenters. The van der Waals surface area contributed by atoms with Crippen LogP contribution in [0.25, 0.3) is 0 Å². The fourth-order valence-corrected chi connectivity index (χ4v) is 3.76. The van der Waals surface area contributed by atoms with Gasteiger partial charge in [0.15, 0.2) is 0 Å². The second kappa shape index (κ2) is 6.71. The molecule has 2 aliphatic heterocycles. The van der Waals surface area contributed by atoms with E-state index in [-0.39, 0.29) is 24.0 Å². The molecule has 0 spiro atoms. The van der Waals surface area contributed by atoms with Crippen LogP contribution in [0.5, 0.6) is 0 Å². The van der Waals surface area contributed by atoms with E-state index in [1.165, 1.54) is 12.8 Å². The van der Waals surface area contributed by atoms with E-state index < -0.39 is 0 Å². The predicted octanol–water partition coefficient (Wildman–Crippen LogP) is 1.81. The molecule has 0 bridgehead atoms. The molecule has 19 heavy (non-hydrogen) atoms. The molecule has 2 aliphatic rings. The van der Waals surface area contributed by atoms with E-state index in [0.717, 1.165) is 25.9 Å². The van der Waals surface area contributed by atoms with E-state index >= 15 is 0 Å². The Bertz CT molecular complexity index is 308. The molecule has 2 fully saturated rings. The summed E-state index contributed by atoms with van der Waals surface area (Å²) in [6.07, 6.45) is 4.52. The molecular weight excluding hydrogens is 242 g/mol. The number of hydrogen-bond donors (Lipinski definition) is 1. The van der Waals surface area contributed by atoms with Crippen LogP contribution in [0.3, 0.4) is 0 Å². The van der Waals surface area contributed by atoms with Gasteiger partial charge in [-0.2, -0.15) is 0 Å². The SMILES string of the molecule is CCOC(=O)C[C@@H]1[C@H](CC)CN2CCCC[C@@H]2[C@@H]1O. The van der Waals surface area contributed by atoms with E-state index in [9.17, 15) is 9.90 Å². The zero-order valence-electron chi connectivity index (χ0n) is 12.2. The van der Waals surface area contributed by atoms with Crippen LogP contribution in [0.4, 0.5) is 0 Å². The van der Waals surface area contributed by atoms with Crippen LogP contribution in [0.2, 0.25) is 0 Å². The van der Waals surface area contributed by atoms with Gasteiger partial charge in [-0.3, -0.25) is 9.69 Å². The third-order valence-electron chi connectivity index (χ3n) is 4.80. The van der Waals surface area contributed by atoms with Crippen molar-refractivity contribution in [1.82, 2.24) is 4.90 Å². The van der Waals surface area contributed by atoms with E-state index in [1.807, 2.05) is 6.92 Å². The number of aliphatic hydroxyl groups is 1. The van der Waals surface area contributed by atoms with Gasteiger partial charge in [-0.15, -0.1) is 0 Å². The first-order valence-electron chi connectivity index (χ1n) is 7.75. The lowest BCUT2D eigenvalue weighted by molar-refractivity contribution is -0.149. The fourth-order valence-electron chi connectivity index (χ4n) is 3.76. The van der Waals surface area contributed by atoms with Crippen LogP contribution in [0.1, 0.15) is 46.0 Å². The van der Waals surface area contributed by atoms with Gasteiger partial charge in [0.25, 0.3) is 0 Å². The van der Waals surface area contributed by atoms with Crippen LogP contribution >= 0.6 is 0 Å². The quantitative estimate of drug-likeness (QED) is 0.791. The summed E-state index contributed by atoms with van der Waals surface area (Å²) in [7, 11) is 0. The van der Waals surface area contributed by atoms with Crippen LogP contribution in [-0.2, 0) is 9.53 Å². The number of carbonyl (C=O) groups excluding carboxylic acids is 1. The van der Waals surface area contributed by atoms with E-state index in [0.29, 0.717) is 18.9 Å². The zero-order chi connectivity index (χ0) is 13.8. The summed E-state index contributed by atoms with van der Waals surface area (Å²) in [6.45, 7) is 6.54. The summed E-state index contributed by atoms with van der Waals surface area (Å²) >= 11 is 0. The lowest BCUT2D eigenvalue weighted by Gasteiger charge is -2.49. The standard InChI is InChI=1S/C15H27NO3/c1-3-11-10-16-8-6-5-7-13(16)15(18)12(11)9-14(17)19-4-2/h11-13,15,18H,3-10H2,1-2H3/t11-,12-,13-,15-/m1/s1. The van der Waals surface area contributed by atoms with Crippen molar-refractivity contribution < 1.29 is 14.6 Å². The van der Waals surface area contributed by atoms with Crippen molar-refractivity contribution in [2.75, 3.05) is 19.7 Å². The van der Waals surface area contributed by atoms with E-state index in [2.05, 4.69) is 11.8 Å². The summed E-state index contributed by atoms with van der Waals surface area (Å²) in [5.74, 6) is 0.325. The van der Waals surface area contributed by atoms with Crippen LogP contribution in [-0.4, -0.2) is 47.8 Å². The van der Waals surface area contributed by atoms with Gasteiger partial charge in [-0.1, -0.05) is 19.8 Å². The smallest absolute Gasteiger partial charge is 0.306 e. The summed E-state index contributed by atoms with van der Waals surface area (Å²) in [5.41, 5.74) is 0. The van der Waals surface area contributed by atoms with Crippen molar-refractivity contribution in [2.45, 2.75) is 58.1 Å². The van der Waals surface area contributed by atoms with Gasteiger partial charge in [0, 0.05) is 18.5 Å². The van der Waals surface area contributed by atoms with Gasteiger partial charge in [-0.05, 0) is 32.2 Å². The summed E-state index contributed by atoms with van der Waals surface area (Å²) in [5, 5.41) is 10.6. The van der Waals surface area contributed by atoms with Gasteiger partial charge >= 0.3 is 5.97 Å². The van der Waals surface area contributed by atoms with Crippen molar-refractivity contribution in [3.8, 4) is 0 Å². The van der Waals surface area contributed by atoms with Gasteiger partial charge in [0.2, 0.25) is 0 Å². The Balaban J connectivity index is 2.04. The van der Waals surface area contributed by atoms with Crippen LogP contribution < -0.4 is 0 Å². The second-order valence-corrected chi connectivity index (χ2v) is 5.89. The number of ether oxygens (including phenoxy) is 1. The Hall–Kier alpha value is -0.610. The van der Waals surface area contributed by atoms with Gasteiger partial charge in [-0.25, -0.2) is 0 Å². The Morgan fingerprint density at radius 2 is 2.16 bits per heavy atom. The zero-order valence-corrected chi connectivity index (χ0v) is 12.2. The van der Waals surface area contributed by atoms with Gasteiger partial charge in [0.05, 0.1) is 19.1 Å². The number of nitrogens with zero attached hydrogens (tertiary/aromatic N) is 1. The molecule has 0 radical (unpaired) electrons. The molecular formula is C15H27NO3. The highest BCUT2D eigenvalue weighted by atomic mass is 16.5. The normalized spacial score (nSPS) is 35.7. The summed E-state index contributed by atoms with van der Waals surface area (Å²) < 4.78 is 5.06. The van der Waals surface area contributed by atoms with Crippen molar-refractivity contribution in [3.63, 3.8) is 0 Å². The maximum atomic E-state index is 11.7. The lowest BCUT2D eigenvalue weighted by Crippen LogP contribution is -2.58. The summed E-state index contributed by atoms with van der Waals surface area (Å²) in [6, 6.07) is 0.260. The minimum absolute atomic E-state index is 0.0726. The topological polar surface area (TPSA) is 49.8 Å². The molecule has 0 aromatic rings. The molecule has 2 heterocycles. The monoisotopic (exact) mass is 269 g/mol. The Morgan fingerprint density at radius 3 is 2.84 bits per heavy atom. The summed E-state index contributed by atoms with van der Waals surface area (Å²) in [4.78, 5) is 14.2. The first kappa shape index (κ1) is 14.8. The number of carbonyl (C=O) groups is 1. The number of piperidine rings is 2. The van der Waals surface area contributed by atoms with E-state index in [1.54, 1.807) is 0 Å². The van der Waals surface area contributed by atoms with Crippen molar-refractivity contribution >= 4 is 5.97 Å². The van der Waals surface area contributed by atoms with Crippen molar-refractivity contribution in [1.29, 1.82) is 0 Å². The molecule has 110 valence electrons. The third kappa shape index (κ3) is 3.29. The molecule has 2 rings (SSSR count). The maximum Gasteiger partial charge on any atom is 0.306 e. The number of fused-ring (bicyclic) bond motifs is 1. The largest absolute Gasteiger partial charge is 0.466 e. The molecule has 2 saturated heterocycles. The molecule has 0 amide bonds. The molecule has 0 aliphatic carbocycles. The van der Waals surface area contributed by atoms with Gasteiger partial charge in [0.1, 0.15) is 0 Å². The number of esters is 1. The average molecular weight is 269 g/mol. The molecule has 0 aromatic heterocycles. The molecule has 4 atom stereocenters. The molecule has 4 nitrogen and oxygen atoms in total. The third-order valence-corrected chi connectivity index (χ3v) is 4.80. The Labute approximate surface area is 116 Å². The number of aliphatic hydroxyl groups excluding tert-OH is 1. The highest BCUT2D eigenvalue weighted by Crippen LogP contribution is 2.36. The molecule has 0 saturated carbocycles. The average Bonchev–Trinajstić information content (AvgIpc) is 2.42. The van der Waals surface area contributed by atoms with Crippen LogP contribution in [0, 0.1) is 11.8 Å². The minimum Gasteiger partial charge on any atom is -0.466 e. The number of hydrogen-bond acceptors (Lipinski definition) is 4. The highest BCUT2D eigenvalue weighted by molar-refractivity contribution is 5.69. The molecule has 0 aromatic carbocycles. The van der Waals surface area contributed by atoms with Crippen molar-refractivity contribution in [2.24, 2.45) is 11.8 Å². The van der Waals surface area contributed by atoms with Crippen LogP contribution in [0.15, 0.2) is 0 Å². The van der Waals surface area contributed by atoms with Gasteiger partial charge < -0.3 is 9.84 Å². The molecule has 4 heteroatoms. The predicted molar refractivity (Wildman–Crippen MR) is 73.7 cm³/mol. The van der Waals surface area contributed by atoms with E-state index in [4.69, 9.17) is 4.74 Å². The number of rotatable bonds is 4. The maximum absolute atomic E-state index is 11.7. The fraction of sp³-hybridized carbons (Fsp3) is 0.933. The first-order chi connectivity index (χ1) is 9.17. The molecule has 1 N–H and O–H groups in total. The Kier molecular flexibility index (Phi) is 5.22. The Morgan fingerprint density at radius 1 is 1.37 bits per heavy atom. The highest BCUT2D eigenvalue weighted by Gasteiger charge is 2.43. The minimum atomic E-state index is -0.372. The first-order valence-corrected chi connectivity index (χ1v) is 7.75. The van der Waals surface area contributed by atoms with Crippen molar-refractivity contribution in [3.05, 3.63) is 0 Å².